The molecule has 2 aromatic heterocycles. The molecule has 0 N–H and O–H groups in total. The fourth-order valence-electron chi connectivity index (χ4n) is 5.92. The van der Waals surface area contributed by atoms with E-state index in [1.54, 1.807) is 0 Å². The minimum atomic E-state index is 0.188. The summed E-state index contributed by atoms with van der Waals surface area (Å²) in [6.07, 6.45) is 3.30. The number of likely N-dealkylation sites (N-methyl/N-ethyl adjacent to an activating group) is 1. The summed E-state index contributed by atoms with van der Waals surface area (Å²) in [6, 6.07) is 13.1. The summed E-state index contributed by atoms with van der Waals surface area (Å²) in [5, 5.41) is 5.32. The second-order valence-electron chi connectivity index (χ2n) is 9.90. The van der Waals surface area contributed by atoms with Crippen LogP contribution in [0.5, 0.6) is 0 Å². The number of imidazole rings is 1. The molecule has 2 aliphatic rings. The van der Waals surface area contributed by atoms with Crippen LogP contribution in [-0.2, 0) is 0 Å². The number of hydrogen-bond donors (Lipinski definition) is 0. The van der Waals surface area contributed by atoms with Crippen molar-refractivity contribution in [1.29, 1.82) is 0 Å². The van der Waals surface area contributed by atoms with Crippen molar-refractivity contribution in [1.82, 2.24) is 19.6 Å². The first-order chi connectivity index (χ1) is 16.9. The van der Waals surface area contributed by atoms with Gasteiger partial charge in [0.15, 0.2) is 0 Å². The summed E-state index contributed by atoms with van der Waals surface area (Å²) in [5.74, 6) is 1.97. The minimum Gasteiger partial charge on any atom is -0.361 e. The Kier molecular flexibility index (Phi) is 5.78. The van der Waals surface area contributed by atoms with Crippen LogP contribution in [-0.4, -0.2) is 46.3 Å². The summed E-state index contributed by atoms with van der Waals surface area (Å²) < 4.78 is 7.95. The highest BCUT2D eigenvalue weighted by Crippen LogP contribution is 2.41. The zero-order valence-corrected chi connectivity index (χ0v) is 21.8. The molecule has 2 atom stereocenters. The molecule has 35 heavy (non-hydrogen) atoms. The molecular weight excluding hydrogens is 481 g/mol. The first-order valence-electron chi connectivity index (χ1n) is 12.3. The summed E-state index contributed by atoms with van der Waals surface area (Å²) >= 11 is 12.6. The van der Waals surface area contributed by atoms with Gasteiger partial charge < -0.3 is 18.9 Å². The van der Waals surface area contributed by atoms with Crippen LogP contribution in [0.4, 0.5) is 5.69 Å². The van der Waals surface area contributed by atoms with Crippen LogP contribution >= 0.6 is 23.2 Å². The Hall–Kier alpha value is -2.54. The number of nitrogens with zero attached hydrogens (tertiary/aromatic N) is 5. The molecule has 6 nitrogen and oxygen atoms in total. The van der Waals surface area contributed by atoms with Gasteiger partial charge in [0.05, 0.1) is 32.8 Å². The van der Waals surface area contributed by atoms with E-state index in [0.717, 1.165) is 78.5 Å². The molecular formula is C27H29Cl2N5O. The Labute approximate surface area is 215 Å². The largest absolute Gasteiger partial charge is 0.361 e. The fourth-order valence-corrected chi connectivity index (χ4v) is 6.21. The van der Waals surface area contributed by atoms with Crippen molar-refractivity contribution in [3.8, 4) is 11.1 Å². The molecule has 182 valence electrons. The molecule has 6 rings (SSSR count). The third-order valence-corrected chi connectivity index (χ3v) is 8.30. The summed E-state index contributed by atoms with van der Waals surface area (Å²) in [7, 11) is 2.20. The van der Waals surface area contributed by atoms with Gasteiger partial charge in [-0.3, -0.25) is 0 Å². The van der Waals surface area contributed by atoms with Crippen molar-refractivity contribution < 1.29 is 4.52 Å². The first kappa shape index (κ1) is 22.9. The van der Waals surface area contributed by atoms with Crippen LogP contribution < -0.4 is 4.90 Å². The second kappa shape index (κ2) is 8.84. The standard InChI is InChI=1S/C27H29Cl2N5O/c1-16-26(17(2)35-31-16)18-6-9-24-23(13-18)30-27(34(24)20-10-12-32(3)15-20)25-5-4-11-33(25)19-7-8-21(28)22(29)14-19/h6-9,13-14,20,25H,4-5,10-12,15H2,1-3H3/t20?,25-/m0/s1. The van der Waals surface area contributed by atoms with Gasteiger partial charge in [0, 0.05) is 30.4 Å². The monoisotopic (exact) mass is 509 g/mol. The predicted molar refractivity (Wildman–Crippen MR) is 142 cm³/mol. The van der Waals surface area contributed by atoms with Gasteiger partial charge in [-0.15, -0.1) is 0 Å². The van der Waals surface area contributed by atoms with Crippen molar-refractivity contribution in [2.24, 2.45) is 0 Å². The lowest BCUT2D eigenvalue weighted by molar-refractivity contribution is 0.389. The topological polar surface area (TPSA) is 50.3 Å². The first-order valence-corrected chi connectivity index (χ1v) is 13.0. The molecule has 0 radical (unpaired) electrons. The van der Waals surface area contributed by atoms with Crippen molar-refractivity contribution >= 4 is 39.9 Å². The smallest absolute Gasteiger partial charge is 0.141 e. The molecule has 0 saturated carbocycles. The Morgan fingerprint density at radius 2 is 1.86 bits per heavy atom. The Morgan fingerprint density at radius 3 is 2.57 bits per heavy atom. The van der Waals surface area contributed by atoms with E-state index in [4.69, 9.17) is 32.7 Å². The molecule has 4 aromatic rings. The Balaban J connectivity index is 1.49. The molecule has 0 spiro atoms. The van der Waals surface area contributed by atoms with E-state index in [0.29, 0.717) is 16.1 Å². The van der Waals surface area contributed by atoms with Gasteiger partial charge in [0.25, 0.3) is 0 Å². The molecule has 8 heteroatoms. The number of rotatable bonds is 4. The zero-order chi connectivity index (χ0) is 24.3. The molecule has 2 fully saturated rings. The quantitative estimate of drug-likeness (QED) is 0.301. The van der Waals surface area contributed by atoms with Crippen LogP contribution in [0.2, 0.25) is 10.0 Å². The molecule has 2 aromatic carbocycles. The fraction of sp³-hybridized carbons (Fsp3) is 0.407. The van der Waals surface area contributed by atoms with Gasteiger partial charge in [-0.2, -0.15) is 0 Å². The van der Waals surface area contributed by atoms with E-state index in [9.17, 15) is 0 Å². The number of halogens is 2. The van der Waals surface area contributed by atoms with E-state index in [-0.39, 0.29) is 6.04 Å². The summed E-state index contributed by atoms with van der Waals surface area (Å²) in [5.41, 5.74) is 6.37. The third-order valence-electron chi connectivity index (χ3n) is 7.56. The third kappa shape index (κ3) is 3.92. The van der Waals surface area contributed by atoms with E-state index in [1.807, 2.05) is 26.0 Å². The molecule has 0 aliphatic carbocycles. The van der Waals surface area contributed by atoms with Crippen LogP contribution in [0.3, 0.4) is 0 Å². The van der Waals surface area contributed by atoms with Crippen LogP contribution in [0.15, 0.2) is 40.9 Å². The van der Waals surface area contributed by atoms with Gasteiger partial charge in [0.1, 0.15) is 11.6 Å². The SMILES string of the molecule is Cc1noc(C)c1-c1ccc2c(c1)nc([C@@H]1CCCN1c1ccc(Cl)c(Cl)c1)n2C1CCN(C)C1. The Morgan fingerprint density at radius 1 is 1.00 bits per heavy atom. The maximum Gasteiger partial charge on any atom is 0.141 e. The number of fused-ring (bicyclic) bond motifs is 1. The average molecular weight is 510 g/mol. The minimum absolute atomic E-state index is 0.188. The van der Waals surface area contributed by atoms with Crippen LogP contribution in [0.1, 0.15) is 48.6 Å². The number of aryl methyl sites for hydroxylation is 2. The molecule has 0 bridgehead atoms. The van der Waals surface area contributed by atoms with Crippen molar-refractivity contribution in [2.75, 3.05) is 31.6 Å². The van der Waals surface area contributed by atoms with Crippen LogP contribution in [0, 0.1) is 13.8 Å². The summed E-state index contributed by atoms with van der Waals surface area (Å²) in [6.45, 7) is 7.06. The zero-order valence-electron chi connectivity index (χ0n) is 20.3. The number of hydrogen-bond acceptors (Lipinski definition) is 5. The van der Waals surface area contributed by atoms with E-state index in [1.165, 1.54) is 5.52 Å². The second-order valence-corrected chi connectivity index (χ2v) is 10.7. The van der Waals surface area contributed by atoms with Gasteiger partial charge in [-0.1, -0.05) is 34.4 Å². The van der Waals surface area contributed by atoms with Crippen LogP contribution in [0.25, 0.3) is 22.2 Å². The summed E-state index contributed by atoms with van der Waals surface area (Å²) in [4.78, 5) is 10.1. The maximum atomic E-state index is 6.40. The molecule has 2 saturated heterocycles. The van der Waals surface area contributed by atoms with Gasteiger partial charge in [-0.05, 0) is 82.6 Å². The highest BCUT2D eigenvalue weighted by molar-refractivity contribution is 6.42. The normalized spacial score (nSPS) is 21.0. The van der Waals surface area contributed by atoms with Gasteiger partial charge in [0.2, 0.25) is 0 Å². The highest BCUT2D eigenvalue weighted by atomic mass is 35.5. The van der Waals surface area contributed by atoms with E-state index in [2.05, 4.69) is 50.8 Å². The molecule has 0 amide bonds. The lowest BCUT2D eigenvalue weighted by Crippen LogP contribution is -2.27. The number of likely N-dealkylation sites (tertiary alicyclic amines) is 1. The number of anilines is 1. The molecule has 1 unspecified atom stereocenters. The maximum absolute atomic E-state index is 6.40. The predicted octanol–water partition coefficient (Wildman–Crippen LogP) is 6.83. The van der Waals surface area contributed by atoms with E-state index >= 15 is 0 Å². The lowest BCUT2D eigenvalue weighted by Gasteiger charge is -2.29. The molecule has 4 heterocycles. The highest BCUT2D eigenvalue weighted by Gasteiger charge is 2.34. The Bertz CT molecular complexity index is 1390. The number of benzene rings is 2. The van der Waals surface area contributed by atoms with Gasteiger partial charge >= 0.3 is 0 Å². The van der Waals surface area contributed by atoms with Gasteiger partial charge in [-0.25, -0.2) is 4.98 Å². The van der Waals surface area contributed by atoms with Crippen molar-refractivity contribution in [3.05, 3.63) is 63.7 Å². The average Bonchev–Trinajstić information content (AvgIpc) is 3.61. The van der Waals surface area contributed by atoms with Crippen molar-refractivity contribution in [2.45, 2.75) is 45.2 Å². The lowest BCUT2D eigenvalue weighted by atomic mass is 10.0. The van der Waals surface area contributed by atoms with Crippen molar-refractivity contribution in [3.63, 3.8) is 0 Å². The van der Waals surface area contributed by atoms with E-state index < -0.39 is 0 Å². The molecule has 2 aliphatic heterocycles. The number of aromatic nitrogens is 3.